The third kappa shape index (κ3) is 3.45. The maximum Gasteiger partial charge on any atom is 0.161 e. The average molecular weight is 361 g/mol. The van der Waals surface area contributed by atoms with Crippen molar-refractivity contribution in [3.8, 4) is 11.5 Å². The fourth-order valence-corrected chi connectivity index (χ4v) is 4.60. The highest BCUT2D eigenvalue weighted by molar-refractivity contribution is 5.61. The van der Waals surface area contributed by atoms with Crippen molar-refractivity contribution in [3.05, 3.63) is 35.6 Å². The van der Waals surface area contributed by atoms with Gasteiger partial charge in [0.1, 0.15) is 6.29 Å². The minimum absolute atomic E-state index is 0.0353. The van der Waals surface area contributed by atoms with Crippen LogP contribution < -0.4 is 4.74 Å². The van der Waals surface area contributed by atoms with Crippen molar-refractivity contribution < 1.29 is 19.4 Å². The van der Waals surface area contributed by atoms with Gasteiger partial charge in [0.25, 0.3) is 0 Å². The van der Waals surface area contributed by atoms with Crippen LogP contribution in [0.15, 0.2) is 24.5 Å². The summed E-state index contributed by atoms with van der Waals surface area (Å²) in [6.45, 7) is 2.11. The lowest BCUT2D eigenvalue weighted by molar-refractivity contribution is -0.109. The molecule has 0 aliphatic heterocycles. The number of rotatable bonds is 8. The van der Waals surface area contributed by atoms with Crippen molar-refractivity contribution >= 4 is 6.29 Å². The molecular formula is C21H31NO4. The van der Waals surface area contributed by atoms with Crippen LogP contribution in [0.25, 0.3) is 0 Å². The molecule has 2 rings (SSSR count). The minimum Gasteiger partial charge on any atom is -0.505 e. The Bertz CT molecular complexity index is 656. The first-order chi connectivity index (χ1) is 12.5. The third-order valence-corrected chi connectivity index (χ3v) is 5.66. The molecule has 0 spiro atoms. The predicted octanol–water partition coefficient (Wildman–Crippen LogP) is 3.29. The van der Waals surface area contributed by atoms with Gasteiger partial charge in [-0.05, 0) is 44.6 Å². The summed E-state index contributed by atoms with van der Waals surface area (Å²) >= 11 is 0. The fraction of sp³-hybridized carbons (Fsp3) is 0.571. The van der Waals surface area contributed by atoms with E-state index in [0.29, 0.717) is 12.2 Å². The fourth-order valence-electron chi connectivity index (χ4n) is 4.60. The van der Waals surface area contributed by atoms with E-state index in [9.17, 15) is 9.90 Å². The highest BCUT2D eigenvalue weighted by Gasteiger charge is 2.49. The van der Waals surface area contributed by atoms with Crippen molar-refractivity contribution in [2.75, 3.05) is 28.3 Å². The van der Waals surface area contributed by atoms with E-state index in [1.807, 2.05) is 18.2 Å². The third-order valence-electron chi connectivity index (χ3n) is 5.66. The molecule has 2 unspecified atom stereocenters. The van der Waals surface area contributed by atoms with Gasteiger partial charge in [-0.25, -0.2) is 0 Å². The van der Waals surface area contributed by atoms with Crippen molar-refractivity contribution in [1.29, 1.82) is 0 Å². The molecule has 0 amide bonds. The topological polar surface area (TPSA) is 59.0 Å². The molecule has 0 bridgehead atoms. The molecule has 0 radical (unpaired) electrons. The molecule has 1 aliphatic carbocycles. The average Bonchev–Trinajstić information content (AvgIpc) is 2.61. The summed E-state index contributed by atoms with van der Waals surface area (Å²) in [4.78, 5) is 13.9. The zero-order valence-electron chi connectivity index (χ0n) is 16.5. The van der Waals surface area contributed by atoms with Crippen LogP contribution in [0.1, 0.15) is 37.3 Å². The number of methoxy groups -OCH3 is 2. The Morgan fingerprint density at radius 2 is 2.08 bits per heavy atom. The molecule has 0 fully saturated rings. The number of aromatic hydroxyl groups is 1. The molecule has 1 N–H and O–H groups in total. The first-order valence-corrected chi connectivity index (χ1v) is 9.15. The van der Waals surface area contributed by atoms with Crippen LogP contribution in [0.2, 0.25) is 0 Å². The number of aldehydes is 1. The zero-order valence-corrected chi connectivity index (χ0v) is 16.5. The molecule has 1 aliphatic rings. The Labute approximate surface area is 156 Å². The van der Waals surface area contributed by atoms with Crippen molar-refractivity contribution in [2.45, 2.75) is 44.1 Å². The van der Waals surface area contributed by atoms with E-state index in [4.69, 9.17) is 9.47 Å². The Kier molecular flexibility index (Phi) is 6.70. The second-order valence-electron chi connectivity index (χ2n) is 7.25. The maximum absolute atomic E-state index is 11.7. The van der Waals surface area contributed by atoms with E-state index in [-0.39, 0.29) is 17.7 Å². The molecular weight excluding hydrogens is 330 g/mol. The van der Waals surface area contributed by atoms with Crippen LogP contribution in [0.4, 0.5) is 0 Å². The van der Waals surface area contributed by atoms with E-state index < -0.39 is 5.41 Å². The van der Waals surface area contributed by atoms with E-state index in [0.717, 1.165) is 36.7 Å². The molecule has 26 heavy (non-hydrogen) atoms. The number of carbonyl (C=O) groups is 1. The summed E-state index contributed by atoms with van der Waals surface area (Å²) < 4.78 is 10.6. The normalized spacial score (nSPS) is 25.3. The van der Waals surface area contributed by atoms with E-state index in [2.05, 4.69) is 25.9 Å². The number of benzene rings is 1. The standard InChI is InChI=1S/C21H31NO4/c1-6-10-21(11-12-23)16(9-13-25-4)17(22(2)3)14-15-7-8-18(26-5)20(24)19(15)21/h7-9,12-13,16-17,24H,6,10-11,14H2,1-5H3/b13-9-/t16?,17?,21-/m1/s1. The number of hydrogen-bond acceptors (Lipinski definition) is 5. The van der Waals surface area contributed by atoms with Gasteiger partial charge in [0.05, 0.1) is 20.5 Å². The summed E-state index contributed by atoms with van der Waals surface area (Å²) in [5.41, 5.74) is 1.45. The SMILES string of the molecule is CCC[C@]1(CC=O)c2c(ccc(OC)c2O)CC(N(C)C)C1/C=C\OC. The number of carbonyl (C=O) groups excluding carboxylic acids is 1. The molecule has 1 aromatic carbocycles. The van der Waals surface area contributed by atoms with E-state index in [1.54, 1.807) is 20.5 Å². The maximum atomic E-state index is 11.7. The summed E-state index contributed by atoms with van der Waals surface area (Å²) in [5.74, 6) is 0.648. The van der Waals surface area contributed by atoms with Crippen LogP contribution in [-0.4, -0.2) is 50.6 Å². The second-order valence-corrected chi connectivity index (χ2v) is 7.25. The van der Waals surface area contributed by atoms with Crippen molar-refractivity contribution in [3.63, 3.8) is 0 Å². The van der Waals surface area contributed by atoms with Crippen LogP contribution in [0.3, 0.4) is 0 Å². The van der Waals surface area contributed by atoms with Gasteiger partial charge < -0.3 is 24.3 Å². The summed E-state index contributed by atoms with van der Waals surface area (Å²) in [5, 5.41) is 11.0. The van der Waals surface area contributed by atoms with E-state index >= 15 is 0 Å². The molecule has 144 valence electrons. The van der Waals surface area contributed by atoms with Gasteiger partial charge in [0.2, 0.25) is 0 Å². The molecule has 5 nitrogen and oxygen atoms in total. The van der Waals surface area contributed by atoms with Crippen LogP contribution in [0, 0.1) is 5.92 Å². The summed E-state index contributed by atoms with van der Waals surface area (Å²) in [6.07, 6.45) is 7.55. The number of hydrogen-bond donors (Lipinski definition) is 1. The van der Waals surface area contributed by atoms with Crippen LogP contribution >= 0.6 is 0 Å². The molecule has 5 heteroatoms. The monoisotopic (exact) mass is 361 g/mol. The predicted molar refractivity (Wildman–Crippen MR) is 103 cm³/mol. The lowest BCUT2D eigenvalue weighted by Gasteiger charge is -2.50. The van der Waals surface area contributed by atoms with Gasteiger partial charge in [-0.2, -0.15) is 0 Å². The van der Waals surface area contributed by atoms with Crippen molar-refractivity contribution in [1.82, 2.24) is 4.90 Å². The highest BCUT2D eigenvalue weighted by Crippen LogP contribution is 2.53. The van der Waals surface area contributed by atoms with Gasteiger partial charge in [-0.15, -0.1) is 0 Å². The first kappa shape index (κ1) is 20.3. The van der Waals surface area contributed by atoms with Gasteiger partial charge in [-0.3, -0.25) is 0 Å². The van der Waals surface area contributed by atoms with Gasteiger partial charge in [0.15, 0.2) is 11.5 Å². The molecule has 1 aromatic rings. The smallest absolute Gasteiger partial charge is 0.161 e. The Hall–Kier alpha value is -2.01. The molecule has 0 saturated carbocycles. The lowest BCUT2D eigenvalue weighted by atomic mass is 9.57. The number of nitrogens with zero attached hydrogens (tertiary/aromatic N) is 1. The largest absolute Gasteiger partial charge is 0.505 e. The van der Waals surface area contributed by atoms with Gasteiger partial charge in [0, 0.05) is 29.4 Å². The zero-order chi connectivity index (χ0) is 19.3. The summed E-state index contributed by atoms with van der Waals surface area (Å²) in [6, 6.07) is 4.04. The van der Waals surface area contributed by atoms with Crippen LogP contribution in [-0.2, 0) is 21.4 Å². The number of fused-ring (bicyclic) bond motifs is 1. The minimum atomic E-state index is -0.493. The number of phenolic OH excluding ortho intramolecular Hbond substituents is 1. The van der Waals surface area contributed by atoms with Crippen molar-refractivity contribution in [2.24, 2.45) is 5.92 Å². The van der Waals surface area contributed by atoms with E-state index in [1.165, 1.54) is 0 Å². The van der Waals surface area contributed by atoms with Gasteiger partial charge >= 0.3 is 0 Å². The lowest BCUT2D eigenvalue weighted by Crippen LogP contribution is -2.51. The highest BCUT2D eigenvalue weighted by atomic mass is 16.5. The number of ether oxygens (including phenoxy) is 2. The molecule has 3 atom stereocenters. The Balaban J connectivity index is 2.80. The molecule has 0 aromatic heterocycles. The number of likely N-dealkylation sites (N-methyl/N-ethyl adjacent to an activating group) is 1. The summed E-state index contributed by atoms with van der Waals surface area (Å²) in [7, 11) is 7.30. The Morgan fingerprint density at radius 3 is 2.62 bits per heavy atom. The Morgan fingerprint density at radius 1 is 1.35 bits per heavy atom. The quantitative estimate of drug-likeness (QED) is 0.569. The van der Waals surface area contributed by atoms with Gasteiger partial charge in [-0.1, -0.05) is 19.4 Å². The second kappa shape index (κ2) is 8.58. The first-order valence-electron chi connectivity index (χ1n) is 9.15. The molecule has 0 saturated heterocycles. The molecule has 0 heterocycles. The van der Waals surface area contributed by atoms with Crippen LogP contribution in [0.5, 0.6) is 11.5 Å². The number of phenols is 1.